The molecule has 0 aromatic rings. The molecule has 5 N–H and O–H groups in total. The van der Waals surface area contributed by atoms with Gasteiger partial charge in [-0.05, 0) is 19.1 Å². The highest BCUT2D eigenvalue weighted by Gasteiger charge is 2.40. The molecule has 1 aliphatic rings. The SMILES string of the molecule is C[C@]1(/C=N\NC(N)=S)NC(=O)NC1=O. The average Bonchev–Trinajstić information content (AvgIpc) is 2.25. The van der Waals surface area contributed by atoms with Crippen LogP contribution in [0.15, 0.2) is 5.10 Å². The van der Waals surface area contributed by atoms with Crippen molar-refractivity contribution in [2.75, 3.05) is 0 Å². The molecule has 0 aromatic heterocycles. The first kappa shape index (κ1) is 10.4. The minimum absolute atomic E-state index is 0.0189. The van der Waals surface area contributed by atoms with Gasteiger partial charge in [0.1, 0.15) is 0 Å². The van der Waals surface area contributed by atoms with Crippen LogP contribution in [-0.2, 0) is 4.79 Å². The Morgan fingerprint density at radius 3 is 2.79 bits per heavy atom. The fourth-order valence-electron chi connectivity index (χ4n) is 0.873. The van der Waals surface area contributed by atoms with E-state index in [0.717, 1.165) is 0 Å². The number of hydrogen-bond acceptors (Lipinski definition) is 4. The molecular weight excluding hydrogens is 206 g/mol. The van der Waals surface area contributed by atoms with Gasteiger partial charge in [-0.3, -0.25) is 15.5 Å². The lowest BCUT2D eigenvalue weighted by Gasteiger charge is -2.13. The average molecular weight is 215 g/mol. The van der Waals surface area contributed by atoms with E-state index in [0.29, 0.717) is 0 Å². The molecular formula is C6H9N5O2S. The van der Waals surface area contributed by atoms with E-state index >= 15 is 0 Å². The Balaban J connectivity index is 2.67. The Labute approximate surface area is 85.1 Å². The van der Waals surface area contributed by atoms with Crippen molar-refractivity contribution in [3.05, 3.63) is 0 Å². The van der Waals surface area contributed by atoms with E-state index in [-0.39, 0.29) is 5.11 Å². The van der Waals surface area contributed by atoms with E-state index in [1.807, 2.05) is 0 Å². The van der Waals surface area contributed by atoms with Crippen LogP contribution in [0.25, 0.3) is 0 Å². The molecule has 0 aliphatic carbocycles. The normalized spacial score (nSPS) is 26.1. The molecule has 1 heterocycles. The standard InChI is InChI=1S/C6H9N5O2S/c1-6(2-8-11-4(7)14)3(12)9-5(13)10-6/h2H,1H3,(H3,7,11,14)(H2,9,10,12,13)/b8-2-/t6-/m1/s1. The summed E-state index contributed by atoms with van der Waals surface area (Å²) in [6, 6.07) is -0.556. The first-order valence-electron chi connectivity index (χ1n) is 3.67. The maximum atomic E-state index is 11.2. The molecule has 76 valence electrons. The third kappa shape index (κ3) is 2.16. The number of thiocarbonyl (C=S) groups is 1. The molecule has 0 radical (unpaired) electrons. The quantitative estimate of drug-likeness (QED) is 0.192. The Kier molecular flexibility index (Phi) is 2.65. The second-order valence-electron chi connectivity index (χ2n) is 2.84. The van der Waals surface area contributed by atoms with Crippen LogP contribution >= 0.6 is 12.2 Å². The minimum Gasteiger partial charge on any atom is -0.375 e. The fourth-order valence-corrected chi connectivity index (χ4v) is 0.925. The molecule has 1 rings (SSSR count). The summed E-state index contributed by atoms with van der Waals surface area (Å²) in [4.78, 5) is 22.0. The van der Waals surface area contributed by atoms with E-state index in [1.54, 1.807) is 0 Å². The van der Waals surface area contributed by atoms with Crippen molar-refractivity contribution < 1.29 is 9.59 Å². The highest BCUT2D eigenvalue weighted by atomic mass is 32.1. The summed E-state index contributed by atoms with van der Waals surface area (Å²) in [6.45, 7) is 1.50. The molecule has 0 bridgehead atoms. The van der Waals surface area contributed by atoms with Gasteiger partial charge in [-0.1, -0.05) is 0 Å². The van der Waals surface area contributed by atoms with Gasteiger partial charge in [0.25, 0.3) is 5.91 Å². The molecule has 0 aromatic carbocycles. The number of hydrogen-bond donors (Lipinski definition) is 4. The number of hydrazone groups is 1. The summed E-state index contributed by atoms with van der Waals surface area (Å²) >= 11 is 4.49. The predicted octanol–water partition coefficient (Wildman–Crippen LogP) is -1.60. The number of carbonyl (C=O) groups excluding carboxylic acids is 2. The van der Waals surface area contributed by atoms with Crippen molar-refractivity contribution in [2.45, 2.75) is 12.5 Å². The highest BCUT2D eigenvalue weighted by Crippen LogP contribution is 2.05. The van der Waals surface area contributed by atoms with Gasteiger partial charge in [0.05, 0.1) is 6.21 Å². The van der Waals surface area contributed by atoms with E-state index in [2.05, 4.69) is 33.4 Å². The molecule has 1 saturated heterocycles. The van der Waals surface area contributed by atoms with Gasteiger partial charge in [-0.2, -0.15) is 5.10 Å². The van der Waals surface area contributed by atoms with Crippen LogP contribution < -0.4 is 21.8 Å². The first-order valence-corrected chi connectivity index (χ1v) is 4.08. The summed E-state index contributed by atoms with van der Waals surface area (Å²) in [6.07, 6.45) is 1.21. The molecule has 1 aliphatic heterocycles. The molecule has 1 fully saturated rings. The van der Waals surface area contributed by atoms with Crippen LogP contribution in [0.2, 0.25) is 0 Å². The zero-order chi connectivity index (χ0) is 10.8. The summed E-state index contributed by atoms with van der Waals surface area (Å²) < 4.78 is 0. The number of amides is 3. The number of nitrogens with zero attached hydrogens (tertiary/aromatic N) is 1. The number of urea groups is 1. The molecule has 8 heteroatoms. The zero-order valence-corrected chi connectivity index (χ0v) is 8.14. The lowest BCUT2D eigenvalue weighted by atomic mass is 10.1. The highest BCUT2D eigenvalue weighted by molar-refractivity contribution is 7.80. The second-order valence-corrected chi connectivity index (χ2v) is 3.28. The van der Waals surface area contributed by atoms with E-state index in [9.17, 15) is 9.59 Å². The van der Waals surface area contributed by atoms with Crippen molar-refractivity contribution in [1.29, 1.82) is 0 Å². The van der Waals surface area contributed by atoms with Crippen LogP contribution in [-0.4, -0.2) is 28.8 Å². The number of imide groups is 1. The van der Waals surface area contributed by atoms with Gasteiger partial charge >= 0.3 is 6.03 Å². The van der Waals surface area contributed by atoms with Crippen molar-refractivity contribution in [3.8, 4) is 0 Å². The van der Waals surface area contributed by atoms with Crippen LogP contribution in [0, 0.1) is 0 Å². The van der Waals surface area contributed by atoms with E-state index in [4.69, 9.17) is 5.73 Å². The summed E-state index contributed by atoms with van der Waals surface area (Å²) in [7, 11) is 0. The Morgan fingerprint density at radius 2 is 2.36 bits per heavy atom. The van der Waals surface area contributed by atoms with Gasteiger partial charge in [0.15, 0.2) is 10.7 Å². The Hall–Kier alpha value is -1.70. The maximum Gasteiger partial charge on any atom is 0.322 e. The van der Waals surface area contributed by atoms with Crippen LogP contribution in [0.1, 0.15) is 6.92 Å². The number of carbonyl (C=O) groups is 2. The Morgan fingerprint density at radius 1 is 1.71 bits per heavy atom. The second kappa shape index (κ2) is 3.58. The largest absolute Gasteiger partial charge is 0.375 e. The van der Waals surface area contributed by atoms with E-state index in [1.165, 1.54) is 13.1 Å². The number of nitrogens with two attached hydrogens (primary N) is 1. The van der Waals surface area contributed by atoms with Gasteiger partial charge in [0.2, 0.25) is 0 Å². The Bertz CT molecular complexity index is 328. The molecule has 0 saturated carbocycles. The van der Waals surface area contributed by atoms with Crippen LogP contribution in [0.5, 0.6) is 0 Å². The third-order valence-electron chi connectivity index (χ3n) is 1.57. The molecule has 0 spiro atoms. The van der Waals surface area contributed by atoms with Gasteiger partial charge in [-0.15, -0.1) is 0 Å². The van der Waals surface area contributed by atoms with Crippen molar-refractivity contribution in [2.24, 2.45) is 10.8 Å². The number of nitrogens with one attached hydrogen (secondary N) is 3. The summed E-state index contributed by atoms with van der Waals surface area (Å²) in [5.74, 6) is -0.476. The van der Waals surface area contributed by atoms with Crippen LogP contribution in [0.3, 0.4) is 0 Å². The van der Waals surface area contributed by atoms with Gasteiger partial charge in [0, 0.05) is 0 Å². The maximum absolute atomic E-state index is 11.2. The molecule has 0 unspecified atom stereocenters. The van der Waals surface area contributed by atoms with E-state index < -0.39 is 17.5 Å². The molecule has 3 amide bonds. The summed E-state index contributed by atoms with van der Waals surface area (Å²) in [5.41, 5.74) is 6.22. The smallest absolute Gasteiger partial charge is 0.322 e. The molecule has 1 atom stereocenters. The first-order chi connectivity index (χ1) is 6.44. The molecule has 14 heavy (non-hydrogen) atoms. The summed E-state index contributed by atoms with van der Waals surface area (Å²) in [5, 5.41) is 8.03. The third-order valence-corrected chi connectivity index (χ3v) is 1.66. The lowest BCUT2D eigenvalue weighted by Crippen LogP contribution is -2.46. The molecule has 7 nitrogen and oxygen atoms in total. The zero-order valence-electron chi connectivity index (χ0n) is 7.33. The fraction of sp³-hybridized carbons (Fsp3) is 0.333. The predicted molar refractivity (Wildman–Crippen MR) is 53.5 cm³/mol. The van der Waals surface area contributed by atoms with Crippen LogP contribution in [0.4, 0.5) is 4.79 Å². The van der Waals surface area contributed by atoms with Gasteiger partial charge < -0.3 is 11.1 Å². The van der Waals surface area contributed by atoms with Crippen molar-refractivity contribution >= 4 is 35.5 Å². The lowest BCUT2D eigenvalue weighted by molar-refractivity contribution is -0.121. The monoisotopic (exact) mass is 215 g/mol. The topological polar surface area (TPSA) is 109 Å². The van der Waals surface area contributed by atoms with Crippen molar-refractivity contribution in [3.63, 3.8) is 0 Å². The van der Waals surface area contributed by atoms with Crippen molar-refractivity contribution in [1.82, 2.24) is 16.1 Å². The number of rotatable bonds is 2. The minimum atomic E-state index is -1.16. The van der Waals surface area contributed by atoms with Gasteiger partial charge in [-0.25, -0.2) is 4.79 Å².